The molecule has 1 N–H and O–H groups in total. The molecule has 3 aromatic carbocycles. The second-order valence-electron chi connectivity index (χ2n) is 10.2. The molecule has 0 bridgehead atoms. The van der Waals surface area contributed by atoms with Crippen molar-refractivity contribution in [1.82, 2.24) is 14.5 Å². The number of hydrogen-bond acceptors (Lipinski definition) is 5. The van der Waals surface area contributed by atoms with Gasteiger partial charge in [-0.2, -0.15) is 0 Å². The molecule has 4 aromatic rings. The summed E-state index contributed by atoms with van der Waals surface area (Å²) in [6.07, 6.45) is 1.69. The van der Waals surface area contributed by atoms with Crippen LogP contribution in [0.25, 0.3) is 11.3 Å². The molecule has 3 amide bonds. The number of aromatic nitrogens is 2. The summed E-state index contributed by atoms with van der Waals surface area (Å²) in [4.78, 5) is 48.6. The van der Waals surface area contributed by atoms with Gasteiger partial charge in [-0.3, -0.25) is 19.4 Å². The second kappa shape index (κ2) is 10.7. The summed E-state index contributed by atoms with van der Waals surface area (Å²) in [7, 11) is 5.05. The van der Waals surface area contributed by atoms with Crippen molar-refractivity contribution in [3.8, 4) is 11.3 Å². The maximum atomic E-state index is 13.4. The fraction of sp³-hybridized carbons (Fsp3) is 0.226. The van der Waals surface area contributed by atoms with Crippen LogP contribution in [0.3, 0.4) is 0 Å². The third-order valence-electron chi connectivity index (χ3n) is 7.08. The lowest BCUT2D eigenvalue weighted by Gasteiger charge is -2.22. The molecule has 1 saturated heterocycles. The number of amides is 3. The monoisotopic (exact) mass is 536 g/mol. The standard InChI is InChI=1S/C31H32N6O3/c1-20-12-14-24(15-13-20)36-16-17-37(31(36)40)27-11-7-10-25(21(27)2)26-19-35(5)30(39)28(33-26)32-23-9-6-8-22(18-23)29(38)34(3)4/h6-15,18-19H,16-17H2,1-5H3,(H,32,33). The van der Waals surface area contributed by atoms with Crippen LogP contribution >= 0.6 is 0 Å². The molecule has 1 aliphatic heterocycles. The van der Waals surface area contributed by atoms with Gasteiger partial charge in [0.2, 0.25) is 0 Å². The third kappa shape index (κ3) is 5.05. The molecule has 2 heterocycles. The zero-order valence-electron chi connectivity index (χ0n) is 23.3. The Bertz CT molecular complexity index is 1660. The lowest BCUT2D eigenvalue weighted by molar-refractivity contribution is 0.0827. The minimum atomic E-state index is -0.301. The van der Waals surface area contributed by atoms with E-state index in [0.29, 0.717) is 30.0 Å². The second-order valence-corrected chi connectivity index (χ2v) is 10.2. The van der Waals surface area contributed by atoms with Crippen LogP contribution in [-0.4, -0.2) is 53.6 Å². The molecule has 0 unspecified atom stereocenters. The average Bonchev–Trinajstić information content (AvgIpc) is 3.32. The summed E-state index contributed by atoms with van der Waals surface area (Å²) in [5.41, 5.74) is 5.89. The van der Waals surface area contributed by atoms with E-state index in [1.807, 2.05) is 56.3 Å². The molecule has 1 aliphatic rings. The quantitative estimate of drug-likeness (QED) is 0.376. The lowest BCUT2D eigenvalue weighted by atomic mass is 10.0. The van der Waals surface area contributed by atoms with Gasteiger partial charge in [-0.05, 0) is 55.8 Å². The molecule has 1 fully saturated rings. The summed E-state index contributed by atoms with van der Waals surface area (Å²) in [6, 6.07) is 20.6. The van der Waals surface area contributed by atoms with E-state index >= 15 is 0 Å². The highest BCUT2D eigenvalue weighted by Crippen LogP contribution is 2.33. The smallest absolute Gasteiger partial charge is 0.329 e. The maximum Gasteiger partial charge on any atom is 0.329 e. The number of hydrogen-bond donors (Lipinski definition) is 1. The van der Waals surface area contributed by atoms with Crippen molar-refractivity contribution in [2.24, 2.45) is 7.05 Å². The van der Waals surface area contributed by atoms with Crippen LogP contribution < -0.4 is 20.7 Å². The van der Waals surface area contributed by atoms with Crippen LogP contribution in [0.15, 0.2) is 77.7 Å². The molecule has 0 aliphatic carbocycles. The van der Waals surface area contributed by atoms with Crippen LogP contribution in [0.5, 0.6) is 0 Å². The Morgan fingerprint density at radius 3 is 2.35 bits per heavy atom. The van der Waals surface area contributed by atoms with Crippen molar-refractivity contribution in [2.45, 2.75) is 13.8 Å². The molecule has 0 saturated carbocycles. The highest BCUT2D eigenvalue weighted by atomic mass is 16.2. The predicted molar refractivity (Wildman–Crippen MR) is 159 cm³/mol. The van der Waals surface area contributed by atoms with E-state index in [1.165, 1.54) is 9.47 Å². The van der Waals surface area contributed by atoms with Gasteiger partial charge in [0.05, 0.1) is 5.69 Å². The first kappa shape index (κ1) is 26.7. The van der Waals surface area contributed by atoms with E-state index in [-0.39, 0.29) is 23.3 Å². The van der Waals surface area contributed by atoms with Crippen molar-refractivity contribution in [1.29, 1.82) is 0 Å². The van der Waals surface area contributed by atoms with Crippen molar-refractivity contribution < 1.29 is 9.59 Å². The highest BCUT2D eigenvalue weighted by Gasteiger charge is 2.32. The van der Waals surface area contributed by atoms with Crippen LogP contribution in [0.2, 0.25) is 0 Å². The first-order valence-corrected chi connectivity index (χ1v) is 13.1. The molecule has 9 nitrogen and oxygen atoms in total. The highest BCUT2D eigenvalue weighted by molar-refractivity contribution is 6.07. The molecular formula is C31H32N6O3. The van der Waals surface area contributed by atoms with E-state index in [9.17, 15) is 14.4 Å². The summed E-state index contributed by atoms with van der Waals surface area (Å²) >= 11 is 0. The Kier molecular flexibility index (Phi) is 7.13. The number of nitrogens with one attached hydrogen (secondary N) is 1. The van der Waals surface area contributed by atoms with Crippen LogP contribution in [0.1, 0.15) is 21.5 Å². The molecule has 0 atom stereocenters. The molecule has 9 heteroatoms. The zero-order valence-corrected chi connectivity index (χ0v) is 23.3. The first-order valence-electron chi connectivity index (χ1n) is 13.1. The lowest BCUT2D eigenvalue weighted by Crippen LogP contribution is -2.32. The largest absolute Gasteiger partial charge is 0.345 e. The van der Waals surface area contributed by atoms with Crippen molar-refractivity contribution in [3.05, 3.63) is 100.0 Å². The van der Waals surface area contributed by atoms with Crippen molar-refractivity contribution in [2.75, 3.05) is 42.3 Å². The minimum Gasteiger partial charge on any atom is -0.345 e. The topological polar surface area (TPSA) is 90.8 Å². The van der Waals surface area contributed by atoms with Gasteiger partial charge in [-0.25, -0.2) is 9.78 Å². The van der Waals surface area contributed by atoms with E-state index < -0.39 is 0 Å². The molecule has 5 rings (SSSR count). The molecule has 1 aromatic heterocycles. The number of anilines is 4. The maximum absolute atomic E-state index is 13.4. The first-order chi connectivity index (χ1) is 19.1. The van der Waals surface area contributed by atoms with E-state index in [4.69, 9.17) is 0 Å². The number of nitrogens with zero attached hydrogens (tertiary/aromatic N) is 5. The van der Waals surface area contributed by atoms with Gasteiger partial charge in [0.25, 0.3) is 11.5 Å². The molecule has 40 heavy (non-hydrogen) atoms. The fourth-order valence-corrected chi connectivity index (χ4v) is 4.86. The number of carbonyl (C=O) groups excluding carboxylic acids is 2. The van der Waals surface area contributed by atoms with Gasteiger partial charge in [0.1, 0.15) is 0 Å². The van der Waals surface area contributed by atoms with Gasteiger partial charge in [-0.1, -0.05) is 35.9 Å². The predicted octanol–water partition coefficient (Wildman–Crippen LogP) is 4.96. The molecule has 0 radical (unpaired) electrons. The number of rotatable bonds is 6. The Morgan fingerprint density at radius 1 is 0.925 bits per heavy atom. The van der Waals surface area contributed by atoms with Crippen LogP contribution in [0.4, 0.5) is 27.7 Å². The zero-order chi connectivity index (χ0) is 28.6. The number of benzene rings is 3. The Hall–Kier alpha value is -4.92. The van der Waals surface area contributed by atoms with Gasteiger partial charge in [0, 0.05) is 68.6 Å². The summed E-state index contributed by atoms with van der Waals surface area (Å²) in [5.74, 6) is 0.00477. The Morgan fingerprint density at radius 2 is 1.62 bits per heavy atom. The molecule has 204 valence electrons. The van der Waals surface area contributed by atoms with Crippen LogP contribution in [0, 0.1) is 13.8 Å². The normalized spacial score (nSPS) is 13.1. The molecular weight excluding hydrogens is 504 g/mol. The Labute approximate surface area is 233 Å². The van der Waals surface area contributed by atoms with Crippen LogP contribution in [-0.2, 0) is 7.05 Å². The van der Waals surface area contributed by atoms with E-state index in [0.717, 1.165) is 28.1 Å². The van der Waals surface area contributed by atoms with Gasteiger partial charge >= 0.3 is 6.03 Å². The number of urea groups is 1. The SMILES string of the molecule is Cc1ccc(N2CCN(c3cccc(-c4cn(C)c(=O)c(Nc5cccc(C(=O)N(C)C)c5)n4)c3C)C2=O)cc1. The minimum absolute atomic E-state index is 0.0768. The van der Waals surface area contributed by atoms with Crippen molar-refractivity contribution >= 4 is 34.8 Å². The summed E-state index contributed by atoms with van der Waals surface area (Å²) in [6.45, 7) is 5.14. The fourth-order valence-electron chi connectivity index (χ4n) is 4.86. The average molecular weight is 537 g/mol. The third-order valence-corrected chi connectivity index (χ3v) is 7.08. The van der Waals surface area contributed by atoms with E-state index in [2.05, 4.69) is 10.3 Å². The Balaban J connectivity index is 1.46. The number of aryl methyl sites for hydroxylation is 2. The van der Waals surface area contributed by atoms with Gasteiger partial charge < -0.3 is 14.8 Å². The summed E-state index contributed by atoms with van der Waals surface area (Å²) < 4.78 is 1.48. The van der Waals surface area contributed by atoms with Gasteiger partial charge in [-0.15, -0.1) is 0 Å². The van der Waals surface area contributed by atoms with Crippen molar-refractivity contribution in [3.63, 3.8) is 0 Å². The molecule has 0 spiro atoms. The van der Waals surface area contributed by atoms with Gasteiger partial charge in [0.15, 0.2) is 5.82 Å². The summed E-state index contributed by atoms with van der Waals surface area (Å²) in [5, 5.41) is 3.10. The number of carbonyl (C=O) groups is 2. The van der Waals surface area contributed by atoms with E-state index in [1.54, 1.807) is 61.4 Å².